The van der Waals surface area contributed by atoms with Gasteiger partial charge >= 0.3 is 0 Å². The highest BCUT2D eigenvalue weighted by atomic mass is 16.8. The van der Waals surface area contributed by atoms with Crippen LogP contribution in [0.25, 0.3) is 10.9 Å². The molecule has 1 aromatic heterocycles. The molecule has 2 heterocycles. The molecule has 108 valence electrons. The number of rotatable bonds is 2. The Kier molecular flexibility index (Phi) is 3.27. The summed E-state index contributed by atoms with van der Waals surface area (Å²) in [6.45, 7) is -0.145. The average molecular weight is 281 g/mol. The molecular weight excluding hydrogens is 266 g/mol. The van der Waals surface area contributed by atoms with Crippen LogP contribution in [0.15, 0.2) is 30.5 Å². The Hall–Kier alpha value is -1.80. The number of benzene rings is 1. The van der Waals surface area contributed by atoms with Crippen molar-refractivity contribution in [2.75, 3.05) is 6.61 Å². The molecule has 0 aliphatic carbocycles. The number of aliphatic hydroxyl groups excluding tert-OH is 3. The molecular formula is C13H15NO6. The molecule has 0 radical (unpaired) electrons. The second-order valence-corrected chi connectivity index (χ2v) is 4.71. The number of para-hydroxylation sites is 1. The minimum absolute atomic E-state index is 0.0338. The van der Waals surface area contributed by atoms with Gasteiger partial charge in [-0.05, 0) is 12.1 Å². The van der Waals surface area contributed by atoms with Crippen LogP contribution in [0.2, 0.25) is 0 Å². The molecule has 0 unspecified atom stereocenters. The standard InChI is InChI=1S/C13H15NO6/c15-9-5-14(8-4-2-1-3-7(8)9)20-13-12(18)11(17)10(16)6-19-13/h1-5,10-13,15-18H,6H2/t10-,11-,12+,13-/m1/s1. The topological polar surface area (TPSA) is 104 Å². The van der Waals surface area contributed by atoms with E-state index in [1.807, 2.05) is 0 Å². The zero-order valence-corrected chi connectivity index (χ0v) is 10.5. The summed E-state index contributed by atoms with van der Waals surface area (Å²) >= 11 is 0. The van der Waals surface area contributed by atoms with Crippen LogP contribution in [0.4, 0.5) is 0 Å². The Bertz CT molecular complexity index is 612. The molecule has 1 saturated heterocycles. The van der Waals surface area contributed by atoms with Crippen molar-refractivity contribution in [2.24, 2.45) is 0 Å². The number of aromatic nitrogens is 1. The maximum absolute atomic E-state index is 9.81. The molecule has 0 amide bonds. The quantitative estimate of drug-likeness (QED) is 0.575. The van der Waals surface area contributed by atoms with E-state index in [0.29, 0.717) is 10.9 Å². The van der Waals surface area contributed by atoms with Crippen LogP contribution in [-0.4, -0.2) is 56.4 Å². The van der Waals surface area contributed by atoms with Gasteiger partial charge < -0.3 is 30.0 Å². The van der Waals surface area contributed by atoms with Gasteiger partial charge in [-0.15, -0.1) is 0 Å². The van der Waals surface area contributed by atoms with Gasteiger partial charge in [0.25, 0.3) is 6.29 Å². The van der Waals surface area contributed by atoms with Gasteiger partial charge in [0.05, 0.1) is 18.3 Å². The maximum atomic E-state index is 9.81. The number of nitrogens with zero attached hydrogens (tertiary/aromatic N) is 1. The second kappa shape index (κ2) is 4.95. The number of aromatic hydroxyl groups is 1. The minimum Gasteiger partial charge on any atom is -0.506 e. The third kappa shape index (κ3) is 2.10. The van der Waals surface area contributed by atoms with Gasteiger partial charge in [0.1, 0.15) is 24.1 Å². The summed E-state index contributed by atoms with van der Waals surface area (Å²) < 4.78 is 6.42. The number of hydrogen-bond acceptors (Lipinski definition) is 6. The van der Waals surface area contributed by atoms with Gasteiger partial charge in [-0.1, -0.05) is 12.1 Å². The van der Waals surface area contributed by atoms with Crippen molar-refractivity contribution in [1.82, 2.24) is 4.73 Å². The molecule has 1 aliphatic rings. The zero-order valence-electron chi connectivity index (χ0n) is 10.5. The number of hydrogen-bond donors (Lipinski definition) is 4. The molecule has 3 rings (SSSR count). The first-order chi connectivity index (χ1) is 9.58. The van der Waals surface area contributed by atoms with Gasteiger partial charge in [0, 0.05) is 5.39 Å². The second-order valence-electron chi connectivity index (χ2n) is 4.71. The SMILES string of the molecule is Oc1cn(O[C@H]2OC[C@@H](O)[C@@H](O)[C@@H]2O)c2ccccc12. The van der Waals surface area contributed by atoms with Crippen molar-refractivity contribution in [3.05, 3.63) is 30.5 Å². The number of fused-ring (bicyclic) bond motifs is 1. The van der Waals surface area contributed by atoms with Crippen molar-refractivity contribution in [3.63, 3.8) is 0 Å². The van der Waals surface area contributed by atoms with Gasteiger partial charge in [0.2, 0.25) is 0 Å². The average Bonchev–Trinajstić information content (AvgIpc) is 2.77. The van der Waals surface area contributed by atoms with Crippen LogP contribution in [0.3, 0.4) is 0 Å². The molecule has 7 nitrogen and oxygen atoms in total. The molecule has 4 N–H and O–H groups in total. The van der Waals surface area contributed by atoms with Crippen molar-refractivity contribution >= 4 is 10.9 Å². The summed E-state index contributed by atoms with van der Waals surface area (Å²) in [7, 11) is 0. The monoisotopic (exact) mass is 281 g/mol. The summed E-state index contributed by atoms with van der Waals surface area (Å²) in [5, 5.41) is 39.2. The fraction of sp³-hybridized carbons (Fsp3) is 0.385. The van der Waals surface area contributed by atoms with Gasteiger partial charge in [-0.3, -0.25) is 0 Å². The van der Waals surface area contributed by atoms with Crippen LogP contribution >= 0.6 is 0 Å². The van der Waals surface area contributed by atoms with Crippen molar-refractivity contribution in [2.45, 2.75) is 24.6 Å². The lowest BCUT2D eigenvalue weighted by atomic mass is 10.1. The minimum atomic E-state index is -1.39. The normalized spacial score (nSPS) is 30.6. The molecule has 1 fully saturated rings. The lowest BCUT2D eigenvalue weighted by molar-refractivity contribution is -0.268. The molecule has 20 heavy (non-hydrogen) atoms. The molecule has 0 bridgehead atoms. The molecule has 2 aromatic rings. The van der Waals surface area contributed by atoms with E-state index in [1.54, 1.807) is 24.3 Å². The summed E-state index contributed by atoms with van der Waals surface area (Å²) in [4.78, 5) is 5.43. The molecule has 0 spiro atoms. The highest BCUT2D eigenvalue weighted by Gasteiger charge is 2.39. The summed E-state index contributed by atoms with van der Waals surface area (Å²) in [5.41, 5.74) is 0.599. The smallest absolute Gasteiger partial charge is 0.253 e. The van der Waals surface area contributed by atoms with Gasteiger partial charge in [-0.2, -0.15) is 4.73 Å². The molecule has 1 aliphatic heterocycles. The van der Waals surface area contributed by atoms with Crippen LogP contribution < -0.4 is 4.84 Å². The Morgan fingerprint density at radius 2 is 1.90 bits per heavy atom. The predicted octanol–water partition coefficient (Wildman–Crippen LogP) is -0.786. The Labute approximate surface area is 114 Å². The summed E-state index contributed by atoms with van der Waals surface area (Å²) in [6.07, 6.45) is -3.67. The first-order valence-corrected chi connectivity index (χ1v) is 6.20. The highest BCUT2D eigenvalue weighted by Crippen LogP contribution is 2.26. The molecule has 0 saturated carbocycles. The summed E-state index contributed by atoms with van der Waals surface area (Å²) in [6, 6.07) is 7.01. The molecule has 7 heteroatoms. The van der Waals surface area contributed by atoms with Gasteiger partial charge in [0.15, 0.2) is 0 Å². The Balaban J connectivity index is 1.86. The van der Waals surface area contributed by atoms with Crippen molar-refractivity contribution < 1.29 is 30.0 Å². The van der Waals surface area contributed by atoms with Crippen molar-refractivity contribution in [1.29, 1.82) is 0 Å². The summed E-state index contributed by atoms with van der Waals surface area (Å²) in [5.74, 6) is 0.0338. The predicted molar refractivity (Wildman–Crippen MR) is 67.9 cm³/mol. The highest BCUT2D eigenvalue weighted by molar-refractivity contribution is 5.86. The fourth-order valence-electron chi connectivity index (χ4n) is 2.20. The van der Waals surface area contributed by atoms with Crippen LogP contribution in [0.5, 0.6) is 5.75 Å². The largest absolute Gasteiger partial charge is 0.506 e. The van der Waals surface area contributed by atoms with E-state index in [9.17, 15) is 20.4 Å². The van der Waals surface area contributed by atoms with E-state index in [4.69, 9.17) is 9.57 Å². The van der Waals surface area contributed by atoms with Crippen molar-refractivity contribution in [3.8, 4) is 5.75 Å². The number of ether oxygens (including phenoxy) is 1. The fourth-order valence-corrected chi connectivity index (χ4v) is 2.20. The molecule has 1 aromatic carbocycles. The van der Waals surface area contributed by atoms with E-state index in [0.717, 1.165) is 0 Å². The zero-order chi connectivity index (χ0) is 14.3. The lowest BCUT2D eigenvalue weighted by Crippen LogP contribution is -2.56. The first kappa shape index (κ1) is 13.2. The number of aliphatic hydroxyl groups is 3. The van der Waals surface area contributed by atoms with E-state index in [1.165, 1.54) is 10.9 Å². The van der Waals surface area contributed by atoms with E-state index in [2.05, 4.69) is 0 Å². The third-order valence-corrected chi connectivity index (χ3v) is 3.33. The van der Waals surface area contributed by atoms with Crippen LogP contribution in [0, 0.1) is 0 Å². The van der Waals surface area contributed by atoms with E-state index in [-0.39, 0.29) is 12.4 Å². The first-order valence-electron chi connectivity index (χ1n) is 6.20. The maximum Gasteiger partial charge on any atom is 0.253 e. The van der Waals surface area contributed by atoms with Crippen LogP contribution in [0.1, 0.15) is 0 Å². The Morgan fingerprint density at radius 1 is 1.15 bits per heavy atom. The van der Waals surface area contributed by atoms with E-state index >= 15 is 0 Å². The van der Waals surface area contributed by atoms with E-state index < -0.39 is 24.6 Å². The third-order valence-electron chi connectivity index (χ3n) is 3.33. The Morgan fingerprint density at radius 3 is 2.70 bits per heavy atom. The molecule has 4 atom stereocenters. The lowest BCUT2D eigenvalue weighted by Gasteiger charge is -2.34. The van der Waals surface area contributed by atoms with Crippen LogP contribution in [-0.2, 0) is 4.74 Å². The van der Waals surface area contributed by atoms with Gasteiger partial charge in [-0.25, -0.2) is 0 Å².